The van der Waals surface area contributed by atoms with Crippen LogP contribution in [0, 0.1) is 6.92 Å². The van der Waals surface area contributed by atoms with Crippen molar-refractivity contribution >= 4 is 28.6 Å². The molecule has 4 rings (SSSR count). The van der Waals surface area contributed by atoms with Crippen LogP contribution < -0.4 is 10.6 Å². The lowest BCUT2D eigenvalue weighted by Gasteiger charge is -2.13. The number of fused-ring (bicyclic) bond motifs is 1. The summed E-state index contributed by atoms with van der Waals surface area (Å²) in [5, 5.41) is 9.04. The van der Waals surface area contributed by atoms with E-state index in [1.165, 1.54) is 30.5 Å². The molecule has 0 aliphatic heterocycles. The molecule has 0 saturated carbocycles. The van der Waals surface area contributed by atoms with Crippen LogP contribution in [0.2, 0.25) is 0 Å². The molecule has 0 atom stereocenters. The maximum atomic E-state index is 13.5. The Morgan fingerprint density at radius 2 is 1.91 bits per heavy atom. The summed E-state index contributed by atoms with van der Waals surface area (Å²) < 4.78 is 45.6. The summed E-state index contributed by atoms with van der Waals surface area (Å²) in [4.78, 5) is 33.1. The average Bonchev–Trinajstić information content (AvgIpc) is 3.17. The molecule has 4 aromatic rings. The third-order valence-corrected chi connectivity index (χ3v) is 4.72. The number of anilines is 1. The van der Waals surface area contributed by atoms with E-state index in [-0.39, 0.29) is 34.5 Å². The van der Waals surface area contributed by atoms with Crippen molar-refractivity contribution in [3.8, 4) is 11.3 Å². The molecule has 2 amide bonds. The summed E-state index contributed by atoms with van der Waals surface area (Å²) in [5.41, 5.74) is -0.565. The van der Waals surface area contributed by atoms with Crippen LogP contribution in [-0.2, 0) is 11.0 Å². The average molecular weight is 455 g/mol. The van der Waals surface area contributed by atoms with Crippen LogP contribution in [-0.4, -0.2) is 33.5 Å². The number of pyridine rings is 2. The number of nitrogens with one attached hydrogen (secondary N) is 2. The van der Waals surface area contributed by atoms with Gasteiger partial charge in [-0.25, -0.2) is 4.98 Å². The largest absolute Gasteiger partial charge is 0.417 e. The van der Waals surface area contributed by atoms with Gasteiger partial charge >= 0.3 is 6.18 Å². The van der Waals surface area contributed by atoms with Crippen LogP contribution in [0.15, 0.2) is 59.4 Å². The molecule has 33 heavy (non-hydrogen) atoms. The van der Waals surface area contributed by atoms with Gasteiger partial charge in [-0.1, -0.05) is 23.4 Å². The Balaban J connectivity index is 1.66. The molecule has 0 aliphatic rings. The summed E-state index contributed by atoms with van der Waals surface area (Å²) in [6.07, 6.45) is -1.64. The molecule has 0 aliphatic carbocycles. The van der Waals surface area contributed by atoms with Gasteiger partial charge in [-0.3, -0.25) is 14.6 Å². The number of carbonyl (C=O) groups is 2. The predicted octanol–water partition coefficient (Wildman–Crippen LogP) is 3.98. The van der Waals surface area contributed by atoms with E-state index in [2.05, 4.69) is 25.8 Å². The first-order chi connectivity index (χ1) is 15.7. The van der Waals surface area contributed by atoms with E-state index in [0.717, 1.165) is 6.07 Å². The lowest BCUT2D eigenvalue weighted by Crippen LogP contribution is -2.33. The first-order valence-electron chi connectivity index (χ1n) is 9.65. The molecule has 0 spiro atoms. The fourth-order valence-electron chi connectivity index (χ4n) is 3.26. The van der Waals surface area contributed by atoms with Crippen molar-refractivity contribution in [1.82, 2.24) is 20.4 Å². The Morgan fingerprint density at radius 1 is 1.12 bits per heavy atom. The van der Waals surface area contributed by atoms with Crippen molar-refractivity contribution in [3.05, 3.63) is 71.7 Å². The highest BCUT2D eigenvalue weighted by Gasteiger charge is 2.34. The van der Waals surface area contributed by atoms with E-state index in [1.54, 1.807) is 25.3 Å². The first kappa shape index (κ1) is 21.9. The van der Waals surface area contributed by atoms with E-state index in [4.69, 9.17) is 4.52 Å². The van der Waals surface area contributed by atoms with E-state index in [9.17, 15) is 22.8 Å². The Morgan fingerprint density at radius 3 is 2.64 bits per heavy atom. The molecule has 1 aromatic carbocycles. The molecule has 3 aromatic heterocycles. The lowest BCUT2D eigenvalue weighted by molar-refractivity contribution is -0.137. The Labute approximate surface area is 184 Å². The predicted molar refractivity (Wildman–Crippen MR) is 112 cm³/mol. The fourth-order valence-corrected chi connectivity index (χ4v) is 3.26. The number of rotatable bonds is 5. The van der Waals surface area contributed by atoms with Gasteiger partial charge in [0, 0.05) is 11.8 Å². The highest BCUT2D eigenvalue weighted by Crippen LogP contribution is 2.37. The van der Waals surface area contributed by atoms with Gasteiger partial charge in [-0.2, -0.15) is 13.2 Å². The van der Waals surface area contributed by atoms with Crippen molar-refractivity contribution in [2.45, 2.75) is 13.1 Å². The van der Waals surface area contributed by atoms with E-state index >= 15 is 0 Å². The van der Waals surface area contributed by atoms with Crippen molar-refractivity contribution in [2.24, 2.45) is 0 Å². The molecule has 0 radical (unpaired) electrons. The Kier molecular flexibility index (Phi) is 5.78. The number of halogens is 3. The molecule has 8 nitrogen and oxygen atoms in total. The maximum Gasteiger partial charge on any atom is 0.417 e. The van der Waals surface area contributed by atoms with Crippen LogP contribution >= 0.6 is 0 Å². The topological polar surface area (TPSA) is 110 Å². The van der Waals surface area contributed by atoms with Gasteiger partial charge in [0.15, 0.2) is 0 Å². The van der Waals surface area contributed by atoms with E-state index in [0.29, 0.717) is 11.4 Å². The van der Waals surface area contributed by atoms with Gasteiger partial charge in [-0.15, -0.1) is 0 Å². The molecule has 0 unspecified atom stereocenters. The summed E-state index contributed by atoms with van der Waals surface area (Å²) in [6.45, 7) is 1.19. The van der Waals surface area contributed by atoms with Crippen molar-refractivity contribution in [3.63, 3.8) is 0 Å². The van der Waals surface area contributed by atoms with Crippen molar-refractivity contribution in [2.75, 3.05) is 11.9 Å². The third kappa shape index (κ3) is 4.66. The minimum atomic E-state index is -4.63. The molecular weight excluding hydrogens is 439 g/mol. The summed E-state index contributed by atoms with van der Waals surface area (Å²) >= 11 is 0. The first-order valence-corrected chi connectivity index (χ1v) is 9.65. The third-order valence-electron chi connectivity index (χ3n) is 4.72. The number of aromatic nitrogens is 3. The van der Waals surface area contributed by atoms with Gasteiger partial charge in [0.1, 0.15) is 0 Å². The minimum absolute atomic E-state index is 0.0140. The molecule has 0 fully saturated rings. The zero-order valence-electron chi connectivity index (χ0n) is 17.1. The van der Waals surface area contributed by atoms with Gasteiger partial charge in [0.25, 0.3) is 11.6 Å². The summed E-state index contributed by atoms with van der Waals surface area (Å²) in [5.74, 6) is -1.20. The van der Waals surface area contributed by atoms with Crippen LogP contribution in [0.3, 0.4) is 0 Å². The molecule has 168 valence electrons. The highest BCUT2D eigenvalue weighted by molar-refractivity contribution is 6.08. The highest BCUT2D eigenvalue weighted by atomic mass is 19.4. The zero-order chi connectivity index (χ0) is 23.6. The summed E-state index contributed by atoms with van der Waals surface area (Å²) in [6, 6.07) is 9.37. The van der Waals surface area contributed by atoms with Crippen molar-refractivity contribution in [1.29, 1.82) is 0 Å². The minimum Gasteiger partial charge on any atom is -0.343 e. The monoisotopic (exact) mass is 455 g/mol. The lowest BCUT2D eigenvalue weighted by atomic mass is 10.0. The van der Waals surface area contributed by atoms with Crippen molar-refractivity contribution < 1.29 is 27.3 Å². The van der Waals surface area contributed by atoms with Gasteiger partial charge in [0.05, 0.1) is 46.3 Å². The van der Waals surface area contributed by atoms with Gasteiger partial charge in [0.2, 0.25) is 5.91 Å². The second kappa shape index (κ2) is 8.69. The second-order valence-corrected chi connectivity index (χ2v) is 7.02. The number of benzene rings is 1. The number of hydrogen-bond donors (Lipinski definition) is 2. The van der Waals surface area contributed by atoms with Crippen LogP contribution in [0.25, 0.3) is 22.4 Å². The number of nitrogens with zero attached hydrogens (tertiary/aromatic N) is 3. The van der Waals surface area contributed by atoms with Gasteiger partial charge in [-0.05, 0) is 31.2 Å². The zero-order valence-corrected chi connectivity index (χ0v) is 17.1. The molecule has 0 saturated heterocycles. The fraction of sp³-hybridized carbons (Fsp3) is 0.136. The normalized spacial score (nSPS) is 11.4. The molecular formula is C22H16F3N5O3. The number of aryl methyl sites for hydroxylation is 1. The smallest absolute Gasteiger partial charge is 0.343 e. The molecule has 2 N–H and O–H groups in total. The number of carbonyl (C=O) groups excluding carboxylic acids is 2. The second-order valence-electron chi connectivity index (χ2n) is 7.02. The van der Waals surface area contributed by atoms with E-state index in [1.807, 2.05) is 0 Å². The quantitative estimate of drug-likeness (QED) is 0.471. The Hall–Kier alpha value is -4.28. The van der Waals surface area contributed by atoms with Crippen LogP contribution in [0.1, 0.15) is 21.6 Å². The number of hydrogen-bond acceptors (Lipinski definition) is 6. The van der Waals surface area contributed by atoms with E-state index < -0.39 is 23.6 Å². The Bertz CT molecular complexity index is 1340. The molecule has 11 heteroatoms. The summed E-state index contributed by atoms with van der Waals surface area (Å²) in [7, 11) is 0. The standard InChI is InChI=1S/C22H16F3N5O3/c1-12-19-15(20(32)27-11-18(31)28-13-5-4-8-26-10-13)9-17(29-21(19)33-30-12)14-6-2-3-7-16(14)22(23,24)25/h2-10H,11H2,1H3,(H,27,32)(H,28,31). The van der Waals surface area contributed by atoms with Gasteiger partial charge < -0.3 is 15.2 Å². The van der Waals surface area contributed by atoms with Crippen LogP contribution in [0.5, 0.6) is 0 Å². The van der Waals surface area contributed by atoms with Crippen LogP contribution in [0.4, 0.5) is 18.9 Å². The maximum absolute atomic E-state index is 13.5. The number of alkyl halides is 3. The molecule has 3 heterocycles. The number of amides is 2. The molecule has 0 bridgehead atoms. The SMILES string of the molecule is Cc1noc2nc(-c3ccccc3C(F)(F)F)cc(C(=O)NCC(=O)Nc3cccnc3)c12.